The molecule has 4 aliphatic rings. The van der Waals surface area contributed by atoms with Crippen LogP contribution in [-0.4, -0.2) is 96.2 Å². The number of carbonyl (C=O) groups excluding carboxylic acids is 4. The SMILES string of the molecule is N[C@@H](C(=O)N[C@@H]1C(=O)N2C(C(=O)O)=C(Cl)CC[C@H]12)c1ccccc1.N[C@@H](C(=O)N[C@@H]1C(=O)N2C(C(=O)O)=C(Cl)CC[C@H]12)c1ccccc1.O.O.O. The minimum atomic E-state index is -1.25. The van der Waals surface area contributed by atoms with Crippen LogP contribution < -0.4 is 22.1 Å². The zero-order chi connectivity index (χ0) is 34.9. The molecule has 0 unspecified atom stereocenters. The van der Waals surface area contributed by atoms with Crippen LogP contribution in [0.3, 0.4) is 0 Å². The van der Waals surface area contributed by atoms with Gasteiger partial charge >= 0.3 is 11.9 Å². The van der Waals surface area contributed by atoms with Crippen LogP contribution in [0.5, 0.6) is 0 Å². The van der Waals surface area contributed by atoms with Crippen LogP contribution in [-0.2, 0) is 28.8 Å². The summed E-state index contributed by atoms with van der Waals surface area (Å²) in [5.41, 5.74) is 12.7. The number of halogens is 2. The second-order valence-electron chi connectivity index (χ2n) is 11.5. The Bertz CT molecular complexity index is 1600. The molecule has 276 valence electrons. The monoisotopic (exact) mass is 752 g/mol. The van der Waals surface area contributed by atoms with Gasteiger partial charge in [-0.05, 0) is 36.8 Å². The summed E-state index contributed by atoms with van der Waals surface area (Å²) < 4.78 is 0. The van der Waals surface area contributed by atoms with E-state index < -0.39 is 71.8 Å². The van der Waals surface area contributed by atoms with Crippen molar-refractivity contribution in [3.63, 3.8) is 0 Å². The number of amides is 4. The Balaban J connectivity index is 0.000000334. The van der Waals surface area contributed by atoms with E-state index in [1.807, 2.05) is 12.1 Å². The zero-order valence-electron chi connectivity index (χ0n) is 26.7. The molecule has 0 saturated carbocycles. The van der Waals surface area contributed by atoms with E-state index in [0.717, 1.165) is 9.80 Å². The molecule has 2 fully saturated rings. The number of nitrogens with zero attached hydrogens (tertiary/aromatic N) is 2. The third-order valence-corrected chi connectivity index (χ3v) is 9.37. The van der Waals surface area contributed by atoms with Crippen molar-refractivity contribution in [3.05, 3.63) is 93.2 Å². The molecule has 4 aliphatic heterocycles. The van der Waals surface area contributed by atoms with Gasteiger partial charge in [-0.2, -0.15) is 0 Å². The maximum atomic E-state index is 12.3. The zero-order valence-corrected chi connectivity index (χ0v) is 28.2. The van der Waals surface area contributed by atoms with E-state index in [9.17, 15) is 39.0 Å². The van der Waals surface area contributed by atoms with Gasteiger partial charge in [-0.15, -0.1) is 0 Å². The van der Waals surface area contributed by atoms with Crippen molar-refractivity contribution >= 4 is 58.8 Å². The molecule has 0 aromatic heterocycles. The van der Waals surface area contributed by atoms with E-state index in [0.29, 0.717) is 36.8 Å². The summed E-state index contributed by atoms with van der Waals surface area (Å²) in [7, 11) is 0. The molecular formula is C32H38Cl2N6O11. The molecule has 6 rings (SSSR count). The van der Waals surface area contributed by atoms with Crippen molar-refractivity contribution in [1.29, 1.82) is 0 Å². The molecule has 0 spiro atoms. The van der Waals surface area contributed by atoms with Gasteiger partial charge in [0.15, 0.2) is 0 Å². The highest BCUT2D eigenvalue weighted by atomic mass is 35.5. The fraction of sp³-hybridized carbons (Fsp3) is 0.312. The Morgan fingerprint density at radius 1 is 0.647 bits per heavy atom. The number of benzene rings is 2. The fourth-order valence-electron chi connectivity index (χ4n) is 6.14. The Labute approximate surface area is 300 Å². The minimum absolute atomic E-state index is 0. The van der Waals surface area contributed by atoms with Crippen LogP contribution in [0.25, 0.3) is 0 Å². The van der Waals surface area contributed by atoms with Gasteiger partial charge in [0.25, 0.3) is 11.8 Å². The molecule has 19 heteroatoms. The number of fused-ring (bicyclic) bond motifs is 2. The van der Waals surface area contributed by atoms with Crippen molar-refractivity contribution < 1.29 is 55.4 Å². The van der Waals surface area contributed by atoms with Crippen LogP contribution in [0.1, 0.15) is 48.9 Å². The third-order valence-electron chi connectivity index (χ3n) is 8.64. The number of hydrogen-bond acceptors (Lipinski definition) is 8. The van der Waals surface area contributed by atoms with Gasteiger partial charge in [0.2, 0.25) is 11.8 Å². The normalized spacial score (nSPS) is 22.7. The highest BCUT2D eigenvalue weighted by Crippen LogP contribution is 2.39. The van der Waals surface area contributed by atoms with E-state index in [1.165, 1.54) is 0 Å². The predicted octanol–water partition coefficient (Wildman–Crippen LogP) is -1.05. The van der Waals surface area contributed by atoms with Gasteiger partial charge in [0.1, 0.15) is 35.6 Å². The van der Waals surface area contributed by atoms with E-state index in [4.69, 9.17) is 34.7 Å². The molecule has 2 aromatic rings. The summed E-state index contributed by atoms with van der Waals surface area (Å²) in [5.74, 6) is -4.41. The molecule has 2 saturated heterocycles. The first kappa shape index (κ1) is 42.3. The van der Waals surface area contributed by atoms with Gasteiger partial charge in [0.05, 0.1) is 12.1 Å². The molecule has 0 bridgehead atoms. The molecule has 6 atom stereocenters. The summed E-state index contributed by atoms with van der Waals surface area (Å²) >= 11 is 11.8. The lowest BCUT2D eigenvalue weighted by molar-refractivity contribution is -0.156. The van der Waals surface area contributed by atoms with Crippen molar-refractivity contribution in [2.24, 2.45) is 11.5 Å². The van der Waals surface area contributed by atoms with E-state index in [1.54, 1.807) is 48.5 Å². The molecule has 14 N–H and O–H groups in total. The Morgan fingerprint density at radius 3 is 1.25 bits per heavy atom. The smallest absolute Gasteiger partial charge is 0.353 e. The lowest BCUT2D eigenvalue weighted by Gasteiger charge is -2.49. The van der Waals surface area contributed by atoms with Gasteiger partial charge in [-0.3, -0.25) is 29.0 Å². The van der Waals surface area contributed by atoms with Crippen molar-refractivity contribution in [3.8, 4) is 0 Å². The Hall–Kier alpha value is -4.88. The Morgan fingerprint density at radius 2 is 0.961 bits per heavy atom. The first-order chi connectivity index (χ1) is 22.8. The molecule has 0 aliphatic carbocycles. The summed E-state index contributed by atoms with van der Waals surface area (Å²) in [6.45, 7) is 0. The van der Waals surface area contributed by atoms with Crippen molar-refractivity contribution in [2.75, 3.05) is 0 Å². The molecular weight excluding hydrogens is 715 g/mol. The number of nitrogens with two attached hydrogens (primary N) is 2. The minimum Gasteiger partial charge on any atom is -0.477 e. The van der Waals surface area contributed by atoms with Crippen LogP contribution in [0.15, 0.2) is 82.1 Å². The van der Waals surface area contributed by atoms with E-state index in [-0.39, 0.29) is 37.9 Å². The highest BCUT2D eigenvalue weighted by Gasteiger charge is 2.54. The van der Waals surface area contributed by atoms with Gasteiger partial charge in [-0.25, -0.2) is 9.59 Å². The van der Waals surface area contributed by atoms with Crippen LogP contribution in [0.4, 0.5) is 0 Å². The summed E-state index contributed by atoms with van der Waals surface area (Å²) in [6.07, 6.45) is 1.70. The second kappa shape index (κ2) is 17.4. The first-order valence-corrected chi connectivity index (χ1v) is 15.7. The molecule has 4 amide bonds. The van der Waals surface area contributed by atoms with Gasteiger partial charge < -0.3 is 48.7 Å². The molecule has 17 nitrogen and oxygen atoms in total. The quantitative estimate of drug-likeness (QED) is 0.178. The standard InChI is InChI=1S/2C16H16ClN3O4.3H2O/c2*17-9-6-7-10-12(15(22)20(10)13(9)16(23)24)19-14(21)11(18)8-4-2-1-3-5-8;;;/h2*1-5,10-12H,6-7,18H2,(H,19,21)(H,23,24);3*1H2/t2*10-,11-,12+;;;/m11.../s1. The lowest BCUT2D eigenvalue weighted by atomic mass is 9.86. The Kier molecular flexibility index (Phi) is 14.4. The number of aliphatic carboxylic acids is 2. The fourth-order valence-corrected chi connectivity index (χ4v) is 6.71. The maximum absolute atomic E-state index is 12.3. The predicted molar refractivity (Wildman–Crippen MR) is 182 cm³/mol. The topological polar surface area (TPSA) is 320 Å². The molecule has 2 aromatic carbocycles. The van der Waals surface area contributed by atoms with E-state index >= 15 is 0 Å². The summed E-state index contributed by atoms with van der Waals surface area (Å²) in [6, 6.07) is 13.5. The third kappa shape index (κ3) is 8.20. The van der Waals surface area contributed by atoms with Crippen molar-refractivity contribution in [1.82, 2.24) is 20.4 Å². The molecule has 0 radical (unpaired) electrons. The van der Waals surface area contributed by atoms with Gasteiger partial charge in [0, 0.05) is 10.1 Å². The maximum Gasteiger partial charge on any atom is 0.353 e. The number of hydrogen-bond donors (Lipinski definition) is 6. The van der Waals surface area contributed by atoms with Crippen molar-refractivity contribution in [2.45, 2.75) is 61.9 Å². The summed E-state index contributed by atoms with van der Waals surface area (Å²) in [5, 5.41) is 24.0. The molecule has 51 heavy (non-hydrogen) atoms. The summed E-state index contributed by atoms with van der Waals surface area (Å²) in [4.78, 5) is 74.0. The number of nitrogens with one attached hydrogen (secondary N) is 2. The number of carbonyl (C=O) groups is 6. The lowest BCUT2D eigenvalue weighted by Crippen LogP contribution is -2.72. The molecule has 4 heterocycles. The van der Waals surface area contributed by atoms with Crippen LogP contribution >= 0.6 is 23.2 Å². The number of allylic oxidation sites excluding steroid dienone is 2. The second-order valence-corrected chi connectivity index (χ2v) is 12.4. The average molecular weight is 754 g/mol. The number of β-lactam (4-membered cyclic amide) rings is 2. The average Bonchev–Trinajstić information content (AvgIpc) is 3.09. The number of carboxylic acids is 2. The largest absolute Gasteiger partial charge is 0.477 e. The van der Waals surface area contributed by atoms with E-state index in [2.05, 4.69) is 10.6 Å². The van der Waals surface area contributed by atoms with Gasteiger partial charge in [-0.1, -0.05) is 83.9 Å². The number of carboxylic acid groups (broad SMARTS) is 2. The highest BCUT2D eigenvalue weighted by molar-refractivity contribution is 6.32. The first-order valence-electron chi connectivity index (χ1n) is 14.9. The van der Waals surface area contributed by atoms with Crippen LogP contribution in [0.2, 0.25) is 0 Å². The number of rotatable bonds is 8. The van der Waals surface area contributed by atoms with Crippen LogP contribution in [0, 0.1) is 0 Å².